The summed E-state index contributed by atoms with van der Waals surface area (Å²) in [5.41, 5.74) is 0.771. The van der Waals surface area contributed by atoms with Crippen LogP contribution in [0.4, 0.5) is 8.78 Å². The average molecular weight is 253 g/mol. The number of rotatable bonds is 4. The van der Waals surface area contributed by atoms with Crippen molar-refractivity contribution in [2.24, 2.45) is 7.05 Å². The van der Waals surface area contributed by atoms with Gasteiger partial charge in [-0.2, -0.15) is 0 Å². The van der Waals surface area contributed by atoms with Crippen molar-refractivity contribution in [3.8, 4) is 0 Å². The zero-order valence-corrected chi connectivity index (χ0v) is 9.85. The van der Waals surface area contributed by atoms with Gasteiger partial charge in [0.25, 0.3) is 0 Å². The molecule has 0 aliphatic rings. The van der Waals surface area contributed by atoms with E-state index in [4.69, 9.17) is 0 Å². The fraction of sp³-hybridized carbons (Fsp3) is 0.333. The quantitative estimate of drug-likeness (QED) is 0.892. The Morgan fingerprint density at radius 1 is 1.33 bits per heavy atom. The minimum atomic E-state index is -0.907. The molecule has 1 aromatic carbocycles. The number of benzene rings is 1. The predicted octanol–water partition coefficient (Wildman–Crippen LogP) is 1.24. The largest absolute Gasteiger partial charge is 0.392 e. The first-order valence-electron chi connectivity index (χ1n) is 5.52. The molecule has 0 aliphatic heterocycles. The lowest BCUT2D eigenvalue weighted by molar-refractivity contribution is 0.172. The van der Waals surface area contributed by atoms with Crippen LogP contribution in [-0.2, 0) is 19.9 Å². The highest BCUT2D eigenvalue weighted by molar-refractivity contribution is 5.20. The molecule has 4 nitrogen and oxygen atoms in total. The number of aliphatic hydroxyl groups is 1. The summed E-state index contributed by atoms with van der Waals surface area (Å²) in [5.74, 6) is -1.81. The van der Waals surface area contributed by atoms with E-state index in [1.807, 2.05) is 0 Å². The molecular formula is C12H13F2N3O. The molecule has 96 valence electrons. The van der Waals surface area contributed by atoms with Crippen molar-refractivity contribution < 1.29 is 13.9 Å². The molecule has 2 rings (SSSR count). The molecule has 2 aromatic rings. The maximum absolute atomic E-state index is 13.4. The smallest absolute Gasteiger partial charge is 0.162 e. The van der Waals surface area contributed by atoms with E-state index in [-0.39, 0.29) is 18.4 Å². The molecule has 0 fully saturated rings. The number of aromatic nitrogens is 3. The Bertz CT molecular complexity index is 542. The molecular weight excluding hydrogens is 240 g/mol. The van der Waals surface area contributed by atoms with Gasteiger partial charge < -0.3 is 5.11 Å². The second kappa shape index (κ2) is 5.22. The van der Waals surface area contributed by atoms with Crippen LogP contribution >= 0.6 is 0 Å². The van der Waals surface area contributed by atoms with Crippen molar-refractivity contribution in [3.05, 3.63) is 47.3 Å². The van der Waals surface area contributed by atoms with E-state index >= 15 is 0 Å². The Morgan fingerprint density at radius 2 is 2.11 bits per heavy atom. The Labute approximate surface area is 103 Å². The summed E-state index contributed by atoms with van der Waals surface area (Å²) in [6, 6.07) is 3.93. The van der Waals surface area contributed by atoms with Crippen LogP contribution in [0.1, 0.15) is 11.3 Å². The van der Waals surface area contributed by atoms with E-state index in [2.05, 4.69) is 10.3 Å². The molecule has 1 aromatic heterocycles. The standard InChI is InChI=1S/C12H13F2N3O/c1-17-7-9(15-16-17)6-10(18)5-8-3-2-4-11(13)12(8)14/h2-4,7,10,18H,5-6H2,1H3. The van der Waals surface area contributed by atoms with Crippen LogP contribution in [0.3, 0.4) is 0 Å². The molecule has 18 heavy (non-hydrogen) atoms. The summed E-state index contributed by atoms with van der Waals surface area (Å²) < 4.78 is 27.9. The Kier molecular flexibility index (Phi) is 3.66. The van der Waals surface area contributed by atoms with Gasteiger partial charge in [0.15, 0.2) is 11.6 Å². The van der Waals surface area contributed by atoms with E-state index in [0.29, 0.717) is 5.69 Å². The van der Waals surface area contributed by atoms with E-state index in [1.54, 1.807) is 13.2 Å². The Hall–Kier alpha value is -1.82. The molecule has 1 heterocycles. The van der Waals surface area contributed by atoms with E-state index in [0.717, 1.165) is 6.07 Å². The first kappa shape index (κ1) is 12.6. The first-order valence-corrected chi connectivity index (χ1v) is 5.52. The molecule has 0 saturated heterocycles. The summed E-state index contributed by atoms with van der Waals surface area (Å²) in [7, 11) is 1.72. The van der Waals surface area contributed by atoms with Gasteiger partial charge in [-0.3, -0.25) is 4.68 Å². The third-order valence-electron chi connectivity index (χ3n) is 2.58. The highest BCUT2D eigenvalue weighted by Crippen LogP contribution is 2.14. The fourth-order valence-corrected chi connectivity index (χ4v) is 1.76. The predicted molar refractivity (Wildman–Crippen MR) is 60.8 cm³/mol. The molecule has 6 heteroatoms. The van der Waals surface area contributed by atoms with Crippen LogP contribution in [0.25, 0.3) is 0 Å². The lowest BCUT2D eigenvalue weighted by atomic mass is 10.0. The van der Waals surface area contributed by atoms with Crippen LogP contribution in [-0.4, -0.2) is 26.2 Å². The zero-order valence-electron chi connectivity index (χ0n) is 9.85. The minimum Gasteiger partial charge on any atom is -0.392 e. The van der Waals surface area contributed by atoms with Gasteiger partial charge in [-0.1, -0.05) is 17.3 Å². The van der Waals surface area contributed by atoms with Crippen molar-refractivity contribution in [2.75, 3.05) is 0 Å². The van der Waals surface area contributed by atoms with Gasteiger partial charge in [-0.25, -0.2) is 8.78 Å². The van der Waals surface area contributed by atoms with Gasteiger partial charge >= 0.3 is 0 Å². The van der Waals surface area contributed by atoms with Crippen molar-refractivity contribution in [2.45, 2.75) is 18.9 Å². The lowest BCUT2D eigenvalue weighted by Crippen LogP contribution is -2.15. The number of hydrogen-bond donors (Lipinski definition) is 1. The molecule has 1 N–H and O–H groups in total. The SMILES string of the molecule is Cn1cc(CC(O)Cc2cccc(F)c2F)nn1. The molecule has 1 atom stereocenters. The molecule has 0 aliphatic carbocycles. The van der Waals surface area contributed by atoms with Gasteiger partial charge in [0.2, 0.25) is 0 Å². The maximum Gasteiger partial charge on any atom is 0.162 e. The molecule has 1 unspecified atom stereocenters. The van der Waals surface area contributed by atoms with Crippen LogP contribution in [0.15, 0.2) is 24.4 Å². The third-order valence-corrected chi connectivity index (χ3v) is 2.58. The third kappa shape index (κ3) is 2.89. The zero-order chi connectivity index (χ0) is 13.1. The molecule has 0 bridgehead atoms. The fourth-order valence-electron chi connectivity index (χ4n) is 1.76. The first-order chi connectivity index (χ1) is 8.56. The summed E-state index contributed by atoms with van der Waals surface area (Å²) in [5, 5.41) is 17.4. The van der Waals surface area contributed by atoms with Crippen molar-refractivity contribution in [1.29, 1.82) is 0 Å². The molecule has 0 amide bonds. The average Bonchev–Trinajstić information content (AvgIpc) is 2.70. The Morgan fingerprint density at radius 3 is 2.78 bits per heavy atom. The molecule has 0 spiro atoms. The summed E-state index contributed by atoms with van der Waals surface area (Å²) >= 11 is 0. The molecule has 0 saturated carbocycles. The Balaban J connectivity index is 2.03. The van der Waals surface area contributed by atoms with Gasteiger partial charge in [-0.15, -0.1) is 5.10 Å². The highest BCUT2D eigenvalue weighted by Gasteiger charge is 2.14. The van der Waals surface area contributed by atoms with Gasteiger partial charge in [0.05, 0.1) is 11.8 Å². The topological polar surface area (TPSA) is 50.9 Å². The van der Waals surface area contributed by atoms with Crippen LogP contribution in [0, 0.1) is 11.6 Å². The maximum atomic E-state index is 13.4. The monoisotopic (exact) mass is 253 g/mol. The van der Waals surface area contributed by atoms with Crippen LogP contribution < -0.4 is 0 Å². The number of halogens is 2. The van der Waals surface area contributed by atoms with E-state index < -0.39 is 17.7 Å². The number of hydrogen-bond acceptors (Lipinski definition) is 3. The van der Waals surface area contributed by atoms with Crippen molar-refractivity contribution in [3.63, 3.8) is 0 Å². The summed E-state index contributed by atoms with van der Waals surface area (Å²) in [6.45, 7) is 0. The number of aryl methyl sites for hydroxylation is 1. The second-order valence-electron chi connectivity index (χ2n) is 4.16. The van der Waals surface area contributed by atoms with Gasteiger partial charge in [0.1, 0.15) is 0 Å². The van der Waals surface area contributed by atoms with Crippen molar-refractivity contribution in [1.82, 2.24) is 15.0 Å². The lowest BCUT2D eigenvalue weighted by Gasteiger charge is -2.09. The van der Waals surface area contributed by atoms with E-state index in [1.165, 1.54) is 16.8 Å². The normalized spacial score (nSPS) is 12.7. The second-order valence-corrected chi connectivity index (χ2v) is 4.16. The minimum absolute atomic E-state index is 0.0418. The van der Waals surface area contributed by atoms with Crippen LogP contribution in [0.2, 0.25) is 0 Å². The number of nitrogens with zero attached hydrogens (tertiary/aromatic N) is 3. The summed E-state index contributed by atoms with van der Waals surface area (Å²) in [6.07, 6.45) is 1.15. The van der Waals surface area contributed by atoms with Gasteiger partial charge in [-0.05, 0) is 11.6 Å². The summed E-state index contributed by atoms with van der Waals surface area (Å²) in [4.78, 5) is 0. The van der Waals surface area contributed by atoms with Crippen LogP contribution in [0.5, 0.6) is 0 Å². The van der Waals surface area contributed by atoms with Crippen molar-refractivity contribution >= 4 is 0 Å². The van der Waals surface area contributed by atoms with E-state index in [9.17, 15) is 13.9 Å². The highest BCUT2D eigenvalue weighted by atomic mass is 19.2. The van der Waals surface area contributed by atoms with Gasteiger partial charge in [0, 0.05) is 26.1 Å². The molecule has 0 radical (unpaired) electrons. The number of aliphatic hydroxyl groups excluding tert-OH is 1.